The summed E-state index contributed by atoms with van der Waals surface area (Å²) in [5, 5.41) is 10.8. The van der Waals surface area contributed by atoms with E-state index >= 15 is 0 Å². The Balaban J connectivity index is 2.29. The van der Waals surface area contributed by atoms with Crippen molar-refractivity contribution in [3.8, 4) is 0 Å². The number of sulfonamides is 1. The summed E-state index contributed by atoms with van der Waals surface area (Å²) in [7, 11) is -3.89. The van der Waals surface area contributed by atoms with Crippen LogP contribution in [0.25, 0.3) is 0 Å². The lowest BCUT2D eigenvalue weighted by molar-refractivity contribution is -0.389. The first-order chi connectivity index (χ1) is 9.79. The van der Waals surface area contributed by atoms with E-state index in [0.717, 1.165) is 18.3 Å². The average Bonchev–Trinajstić information content (AvgIpc) is 2.43. The number of rotatable bonds is 4. The monoisotopic (exact) mass is 391 g/mol. The number of hydrogen-bond acceptors (Lipinski definition) is 5. The standard InChI is InChI=1S/C11H7BrClN3O4S/c12-9-3-1-7(5-10(9)13)15-21(19,20)8-2-4-11(14-6-8)16(17)18/h1-6,15H. The zero-order chi connectivity index (χ0) is 15.6. The van der Waals surface area contributed by atoms with Crippen LogP contribution in [0.3, 0.4) is 0 Å². The molecule has 0 aliphatic carbocycles. The number of halogens is 2. The maximum Gasteiger partial charge on any atom is 0.363 e. The number of benzene rings is 1. The molecule has 110 valence electrons. The summed E-state index contributed by atoms with van der Waals surface area (Å²) in [4.78, 5) is 13.0. The van der Waals surface area contributed by atoms with Crippen LogP contribution in [0.4, 0.5) is 11.5 Å². The normalized spacial score (nSPS) is 11.1. The molecule has 0 saturated heterocycles. The molecule has 2 aromatic rings. The van der Waals surface area contributed by atoms with Crippen LogP contribution in [-0.4, -0.2) is 18.3 Å². The van der Waals surface area contributed by atoms with E-state index in [1.165, 1.54) is 12.1 Å². The minimum Gasteiger partial charge on any atom is -0.358 e. The summed E-state index contributed by atoms with van der Waals surface area (Å²) in [5.41, 5.74) is 0.265. The summed E-state index contributed by atoms with van der Waals surface area (Å²) < 4.78 is 27.1. The van der Waals surface area contributed by atoms with Crippen LogP contribution in [0, 0.1) is 10.1 Å². The van der Waals surface area contributed by atoms with E-state index in [1.54, 1.807) is 6.07 Å². The predicted octanol–water partition coefficient (Wildman–Crippen LogP) is 3.21. The Bertz CT molecular complexity index is 796. The molecule has 2 rings (SSSR count). The van der Waals surface area contributed by atoms with E-state index in [-0.39, 0.29) is 10.6 Å². The van der Waals surface area contributed by atoms with Crippen LogP contribution in [-0.2, 0) is 10.0 Å². The molecular weight excluding hydrogens is 386 g/mol. The fourth-order valence-corrected chi connectivity index (χ4v) is 2.83. The molecule has 0 spiro atoms. The third-order valence-corrected chi connectivity index (χ3v) is 4.99. The van der Waals surface area contributed by atoms with E-state index in [9.17, 15) is 18.5 Å². The first-order valence-electron chi connectivity index (χ1n) is 5.38. The zero-order valence-electron chi connectivity index (χ0n) is 10.2. The molecule has 21 heavy (non-hydrogen) atoms. The maximum atomic E-state index is 12.1. The second kappa shape index (κ2) is 5.96. The van der Waals surface area contributed by atoms with Gasteiger partial charge in [-0.15, -0.1) is 0 Å². The van der Waals surface area contributed by atoms with Crippen molar-refractivity contribution in [3.05, 3.63) is 56.1 Å². The van der Waals surface area contributed by atoms with Crippen LogP contribution >= 0.6 is 27.5 Å². The topological polar surface area (TPSA) is 102 Å². The van der Waals surface area contributed by atoms with Gasteiger partial charge in [0, 0.05) is 10.5 Å². The predicted molar refractivity (Wildman–Crippen MR) is 80.9 cm³/mol. The van der Waals surface area contributed by atoms with Crippen molar-refractivity contribution >= 4 is 49.1 Å². The van der Waals surface area contributed by atoms with Crippen LogP contribution < -0.4 is 4.72 Å². The van der Waals surface area contributed by atoms with Crippen LogP contribution in [0.2, 0.25) is 5.02 Å². The van der Waals surface area contributed by atoms with Gasteiger partial charge in [0.1, 0.15) is 4.90 Å². The Morgan fingerprint density at radius 1 is 1.29 bits per heavy atom. The summed E-state index contributed by atoms with van der Waals surface area (Å²) in [6.07, 6.45) is 0.918. The fourth-order valence-electron chi connectivity index (χ4n) is 1.41. The molecule has 7 nitrogen and oxygen atoms in total. The lowest BCUT2D eigenvalue weighted by Gasteiger charge is -2.07. The van der Waals surface area contributed by atoms with Crippen LogP contribution in [0.15, 0.2) is 45.9 Å². The number of aromatic nitrogens is 1. The Hall–Kier alpha value is -1.71. The maximum absolute atomic E-state index is 12.1. The van der Waals surface area contributed by atoms with E-state index in [1.807, 2.05) is 0 Å². The molecule has 1 heterocycles. The van der Waals surface area contributed by atoms with Crippen molar-refractivity contribution < 1.29 is 13.3 Å². The third-order valence-electron chi connectivity index (χ3n) is 2.39. The lowest BCUT2D eigenvalue weighted by Crippen LogP contribution is -2.13. The van der Waals surface area contributed by atoms with Gasteiger partial charge in [-0.1, -0.05) is 11.6 Å². The largest absolute Gasteiger partial charge is 0.363 e. The summed E-state index contributed by atoms with van der Waals surface area (Å²) in [6, 6.07) is 6.67. The highest BCUT2D eigenvalue weighted by Crippen LogP contribution is 2.27. The van der Waals surface area contributed by atoms with E-state index in [2.05, 4.69) is 25.6 Å². The molecule has 0 radical (unpaired) electrons. The summed E-state index contributed by atoms with van der Waals surface area (Å²) in [5.74, 6) is -0.430. The second-order valence-electron chi connectivity index (χ2n) is 3.84. The molecule has 1 aromatic heterocycles. The molecule has 0 saturated carbocycles. The quantitative estimate of drug-likeness (QED) is 0.636. The van der Waals surface area contributed by atoms with Gasteiger partial charge < -0.3 is 10.1 Å². The molecule has 1 N–H and O–H groups in total. The number of anilines is 1. The minimum atomic E-state index is -3.89. The average molecular weight is 393 g/mol. The Kier molecular flexibility index (Phi) is 4.45. The Morgan fingerprint density at radius 3 is 2.52 bits per heavy atom. The minimum absolute atomic E-state index is 0.188. The third kappa shape index (κ3) is 3.69. The second-order valence-corrected chi connectivity index (χ2v) is 6.79. The SMILES string of the molecule is O=[N+]([O-])c1ccc(S(=O)(=O)Nc2ccc(Br)c(Cl)c2)cn1. The molecule has 0 aliphatic rings. The molecule has 0 aliphatic heterocycles. The number of nitrogens with one attached hydrogen (secondary N) is 1. The number of nitrogens with zero attached hydrogens (tertiary/aromatic N) is 2. The van der Waals surface area contributed by atoms with Gasteiger partial charge in [0.2, 0.25) is 0 Å². The first-order valence-corrected chi connectivity index (χ1v) is 8.03. The van der Waals surface area contributed by atoms with Crippen molar-refractivity contribution in [2.24, 2.45) is 0 Å². The number of pyridine rings is 1. The molecule has 10 heteroatoms. The van der Waals surface area contributed by atoms with Gasteiger partial charge in [-0.3, -0.25) is 4.72 Å². The molecule has 0 atom stereocenters. The van der Waals surface area contributed by atoms with E-state index < -0.39 is 20.8 Å². The molecule has 0 unspecified atom stereocenters. The van der Waals surface area contributed by atoms with E-state index in [0.29, 0.717) is 9.50 Å². The summed E-state index contributed by atoms with van der Waals surface area (Å²) in [6.45, 7) is 0. The molecular formula is C11H7BrClN3O4S. The van der Waals surface area contributed by atoms with Crippen molar-refractivity contribution in [2.45, 2.75) is 4.90 Å². The zero-order valence-corrected chi connectivity index (χ0v) is 13.3. The molecule has 0 amide bonds. The highest BCUT2D eigenvalue weighted by molar-refractivity contribution is 9.10. The van der Waals surface area contributed by atoms with Gasteiger partial charge in [0.05, 0.1) is 10.7 Å². The molecule has 1 aromatic carbocycles. The van der Waals surface area contributed by atoms with Gasteiger partial charge >= 0.3 is 5.82 Å². The Labute approximate surface area is 133 Å². The Morgan fingerprint density at radius 2 is 2.00 bits per heavy atom. The van der Waals surface area contributed by atoms with Crippen molar-refractivity contribution in [1.82, 2.24) is 4.98 Å². The first kappa shape index (κ1) is 15.7. The van der Waals surface area contributed by atoms with E-state index in [4.69, 9.17) is 11.6 Å². The van der Waals surface area contributed by atoms with Crippen molar-refractivity contribution in [2.75, 3.05) is 4.72 Å². The smallest absolute Gasteiger partial charge is 0.358 e. The van der Waals surface area contributed by atoms with Crippen LogP contribution in [0.1, 0.15) is 0 Å². The van der Waals surface area contributed by atoms with Crippen LogP contribution in [0.5, 0.6) is 0 Å². The molecule has 0 bridgehead atoms. The van der Waals surface area contributed by atoms with Gasteiger partial charge in [0.25, 0.3) is 10.0 Å². The van der Waals surface area contributed by atoms with Crippen molar-refractivity contribution in [3.63, 3.8) is 0 Å². The van der Waals surface area contributed by atoms with Gasteiger partial charge in [0.15, 0.2) is 6.20 Å². The van der Waals surface area contributed by atoms with Crippen molar-refractivity contribution in [1.29, 1.82) is 0 Å². The molecule has 0 fully saturated rings. The highest BCUT2D eigenvalue weighted by atomic mass is 79.9. The fraction of sp³-hybridized carbons (Fsp3) is 0. The van der Waals surface area contributed by atoms with Gasteiger partial charge in [-0.2, -0.15) is 0 Å². The number of nitro groups is 1. The highest BCUT2D eigenvalue weighted by Gasteiger charge is 2.18. The number of hydrogen-bond donors (Lipinski definition) is 1. The summed E-state index contributed by atoms with van der Waals surface area (Å²) >= 11 is 9.07. The lowest BCUT2D eigenvalue weighted by atomic mass is 10.3. The van der Waals surface area contributed by atoms with Gasteiger partial charge in [-0.05, 0) is 50.1 Å². The van der Waals surface area contributed by atoms with Gasteiger partial charge in [-0.25, -0.2) is 8.42 Å².